The van der Waals surface area contributed by atoms with Crippen LogP contribution in [0.3, 0.4) is 0 Å². The van der Waals surface area contributed by atoms with Crippen molar-refractivity contribution in [1.29, 1.82) is 0 Å². The van der Waals surface area contributed by atoms with Crippen LogP contribution < -0.4 is 10.6 Å². The quantitative estimate of drug-likeness (QED) is 0.764. The topological polar surface area (TPSA) is 78.4 Å². The molecule has 1 aromatic rings. The normalized spacial score (nSPS) is 17.8. The average Bonchev–Trinajstić information content (AvgIpc) is 2.98. The average molecular weight is 268 g/mol. The zero-order valence-corrected chi connectivity index (χ0v) is 10.9. The van der Waals surface area contributed by atoms with E-state index in [-0.39, 0.29) is 12.0 Å². The molecular weight excluding hydrogens is 252 g/mol. The van der Waals surface area contributed by atoms with Crippen LogP contribution in [-0.4, -0.2) is 23.1 Å². The summed E-state index contributed by atoms with van der Waals surface area (Å²) in [5.74, 6) is -0.874. The Morgan fingerprint density at radius 3 is 2.67 bits per heavy atom. The van der Waals surface area contributed by atoms with Gasteiger partial charge in [-0.2, -0.15) is 11.3 Å². The first kappa shape index (κ1) is 12.9. The van der Waals surface area contributed by atoms with Crippen LogP contribution in [0, 0.1) is 5.92 Å². The molecule has 0 aromatic carbocycles. The van der Waals surface area contributed by atoms with Crippen LogP contribution in [-0.2, 0) is 4.79 Å². The summed E-state index contributed by atoms with van der Waals surface area (Å²) in [4.78, 5) is 22.7. The van der Waals surface area contributed by atoms with E-state index in [1.807, 2.05) is 23.8 Å². The summed E-state index contributed by atoms with van der Waals surface area (Å²) in [5, 5.41) is 18.2. The van der Waals surface area contributed by atoms with Crippen molar-refractivity contribution in [2.45, 2.75) is 31.8 Å². The molecule has 6 heteroatoms. The number of thiophene rings is 1. The van der Waals surface area contributed by atoms with Gasteiger partial charge < -0.3 is 15.7 Å². The molecule has 0 saturated heterocycles. The molecule has 1 aliphatic rings. The Bertz CT molecular complexity index is 429. The molecule has 1 heterocycles. The lowest BCUT2D eigenvalue weighted by Crippen LogP contribution is -2.47. The van der Waals surface area contributed by atoms with Crippen LogP contribution in [0.1, 0.15) is 31.4 Å². The van der Waals surface area contributed by atoms with Gasteiger partial charge in [-0.25, -0.2) is 9.59 Å². The lowest BCUT2D eigenvalue weighted by Gasteiger charge is -2.17. The van der Waals surface area contributed by atoms with Gasteiger partial charge in [-0.1, -0.05) is 0 Å². The van der Waals surface area contributed by atoms with E-state index in [2.05, 4.69) is 10.6 Å². The first-order valence-electron chi connectivity index (χ1n) is 5.90. The second-order valence-electron chi connectivity index (χ2n) is 4.55. The summed E-state index contributed by atoms with van der Waals surface area (Å²) < 4.78 is 0. The van der Waals surface area contributed by atoms with Crippen LogP contribution >= 0.6 is 11.3 Å². The first-order chi connectivity index (χ1) is 8.58. The van der Waals surface area contributed by atoms with Crippen molar-refractivity contribution in [3.8, 4) is 0 Å². The van der Waals surface area contributed by atoms with Gasteiger partial charge in [-0.05, 0) is 48.1 Å². The standard InChI is InChI=1S/C12H16N2O3S/c1-7(9-4-5-18-6-9)13-12(17)14-10(11(15)16)8-2-3-8/h4-8,10H,2-3H2,1H3,(H,15,16)(H2,13,14,17). The SMILES string of the molecule is CC(NC(=O)NC(C(=O)O)C1CC1)c1ccsc1. The number of carboxylic acid groups (broad SMARTS) is 1. The Kier molecular flexibility index (Phi) is 3.86. The van der Waals surface area contributed by atoms with Gasteiger partial charge in [0.05, 0.1) is 6.04 Å². The Hall–Kier alpha value is -1.56. The van der Waals surface area contributed by atoms with E-state index in [1.165, 1.54) is 0 Å². The third-order valence-electron chi connectivity index (χ3n) is 3.04. The number of hydrogen-bond acceptors (Lipinski definition) is 3. The number of urea groups is 1. The monoisotopic (exact) mass is 268 g/mol. The summed E-state index contributed by atoms with van der Waals surface area (Å²) >= 11 is 1.56. The predicted octanol–water partition coefficient (Wildman–Crippen LogP) is 1.97. The molecule has 2 atom stereocenters. The molecule has 98 valence electrons. The van der Waals surface area contributed by atoms with Gasteiger partial charge in [0.15, 0.2) is 0 Å². The molecule has 5 nitrogen and oxygen atoms in total. The van der Waals surface area contributed by atoms with Crippen molar-refractivity contribution < 1.29 is 14.7 Å². The maximum atomic E-state index is 11.7. The highest BCUT2D eigenvalue weighted by Crippen LogP contribution is 2.32. The molecule has 0 aliphatic heterocycles. The van der Waals surface area contributed by atoms with E-state index in [0.29, 0.717) is 0 Å². The van der Waals surface area contributed by atoms with Gasteiger partial charge in [0.25, 0.3) is 0 Å². The Balaban J connectivity index is 1.86. The number of carbonyl (C=O) groups is 2. The second kappa shape index (κ2) is 5.39. The zero-order valence-electron chi connectivity index (χ0n) is 10.1. The minimum atomic E-state index is -0.962. The van der Waals surface area contributed by atoms with E-state index in [9.17, 15) is 9.59 Å². The van der Waals surface area contributed by atoms with Gasteiger partial charge in [-0.15, -0.1) is 0 Å². The van der Waals surface area contributed by atoms with Crippen LogP contribution in [0.4, 0.5) is 4.79 Å². The summed E-state index contributed by atoms with van der Waals surface area (Å²) in [7, 11) is 0. The maximum Gasteiger partial charge on any atom is 0.326 e. The van der Waals surface area contributed by atoms with E-state index >= 15 is 0 Å². The summed E-state index contributed by atoms with van der Waals surface area (Å²) in [6.45, 7) is 1.87. The highest BCUT2D eigenvalue weighted by molar-refractivity contribution is 7.07. The van der Waals surface area contributed by atoms with Crippen molar-refractivity contribution in [2.24, 2.45) is 5.92 Å². The van der Waals surface area contributed by atoms with Gasteiger partial charge in [0.1, 0.15) is 6.04 Å². The van der Waals surface area contributed by atoms with Gasteiger partial charge in [0.2, 0.25) is 0 Å². The van der Waals surface area contributed by atoms with E-state index in [4.69, 9.17) is 5.11 Å². The molecule has 2 amide bonds. The number of hydrogen-bond donors (Lipinski definition) is 3. The van der Waals surface area contributed by atoms with Crippen molar-refractivity contribution in [2.75, 3.05) is 0 Å². The fraction of sp³-hybridized carbons (Fsp3) is 0.500. The molecule has 0 radical (unpaired) electrons. The first-order valence-corrected chi connectivity index (χ1v) is 6.84. The predicted molar refractivity (Wildman–Crippen MR) is 68.5 cm³/mol. The van der Waals surface area contributed by atoms with E-state index < -0.39 is 18.0 Å². The van der Waals surface area contributed by atoms with Crippen LogP contribution in [0.2, 0.25) is 0 Å². The Morgan fingerprint density at radius 2 is 2.17 bits per heavy atom. The van der Waals surface area contributed by atoms with Gasteiger partial charge >= 0.3 is 12.0 Å². The third-order valence-corrected chi connectivity index (χ3v) is 3.74. The molecule has 2 rings (SSSR count). The smallest absolute Gasteiger partial charge is 0.326 e. The number of amides is 2. The Morgan fingerprint density at radius 1 is 1.44 bits per heavy atom. The van der Waals surface area contributed by atoms with Crippen LogP contribution in [0.15, 0.2) is 16.8 Å². The molecular formula is C12H16N2O3S. The molecule has 0 bridgehead atoms. The molecule has 3 N–H and O–H groups in total. The Labute approximate surface area is 109 Å². The summed E-state index contributed by atoms with van der Waals surface area (Å²) in [6.07, 6.45) is 1.74. The third kappa shape index (κ3) is 3.22. The van der Waals surface area contributed by atoms with Gasteiger partial charge in [-0.3, -0.25) is 0 Å². The zero-order chi connectivity index (χ0) is 13.1. The summed E-state index contributed by atoms with van der Waals surface area (Å²) in [6, 6.07) is 0.628. The van der Waals surface area contributed by atoms with Crippen LogP contribution in [0.25, 0.3) is 0 Å². The van der Waals surface area contributed by atoms with Crippen molar-refractivity contribution in [1.82, 2.24) is 10.6 Å². The van der Waals surface area contributed by atoms with Gasteiger partial charge in [0, 0.05) is 0 Å². The molecule has 1 saturated carbocycles. The minimum Gasteiger partial charge on any atom is -0.480 e. The highest BCUT2D eigenvalue weighted by atomic mass is 32.1. The minimum absolute atomic E-state index is 0.0877. The molecule has 1 fully saturated rings. The molecule has 0 spiro atoms. The highest BCUT2D eigenvalue weighted by Gasteiger charge is 2.37. The number of carbonyl (C=O) groups excluding carboxylic acids is 1. The van der Waals surface area contributed by atoms with Crippen LogP contribution in [0.5, 0.6) is 0 Å². The van der Waals surface area contributed by atoms with E-state index in [1.54, 1.807) is 11.3 Å². The number of nitrogens with one attached hydrogen (secondary N) is 2. The lowest BCUT2D eigenvalue weighted by molar-refractivity contribution is -0.139. The number of rotatable bonds is 5. The molecule has 2 unspecified atom stereocenters. The van der Waals surface area contributed by atoms with Crippen molar-refractivity contribution in [3.05, 3.63) is 22.4 Å². The molecule has 1 aliphatic carbocycles. The molecule has 1 aromatic heterocycles. The number of carboxylic acids is 1. The maximum absolute atomic E-state index is 11.7. The fourth-order valence-corrected chi connectivity index (χ4v) is 2.55. The van der Waals surface area contributed by atoms with Crippen molar-refractivity contribution in [3.63, 3.8) is 0 Å². The fourth-order valence-electron chi connectivity index (χ4n) is 1.80. The largest absolute Gasteiger partial charge is 0.480 e. The lowest BCUT2D eigenvalue weighted by atomic mass is 10.2. The summed E-state index contributed by atoms with van der Waals surface area (Å²) in [5.41, 5.74) is 1.02. The van der Waals surface area contributed by atoms with Crippen molar-refractivity contribution >= 4 is 23.3 Å². The second-order valence-corrected chi connectivity index (χ2v) is 5.33. The number of aliphatic carboxylic acids is 1. The molecule has 18 heavy (non-hydrogen) atoms. The van der Waals surface area contributed by atoms with E-state index in [0.717, 1.165) is 18.4 Å².